The number of rotatable bonds is 4. The van der Waals surface area contributed by atoms with Gasteiger partial charge in [-0.15, -0.1) is 0 Å². The van der Waals surface area contributed by atoms with Crippen LogP contribution >= 0.6 is 0 Å². The summed E-state index contributed by atoms with van der Waals surface area (Å²) in [5.41, 5.74) is 6.62. The molecule has 0 saturated heterocycles. The highest BCUT2D eigenvalue weighted by molar-refractivity contribution is 5.70. The van der Waals surface area contributed by atoms with Crippen molar-refractivity contribution in [3.63, 3.8) is 0 Å². The number of nitrogens with two attached hydrogens (primary N) is 1. The zero-order chi connectivity index (χ0) is 15.6. The Bertz CT molecular complexity index is 595. The van der Waals surface area contributed by atoms with E-state index in [1.807, 2.05) is 39.0 Å². The summed E-state index contributed by atoms with van der Waals surface area (Å²) in [4.78, 5) is 4.40. The Morgan fingerprint density at radius 1 is 1.14 bits per heavy atom. The fourth-order valence-electron chi connectivity index (χ4n) is 1.91. The van der Waals surface area contributed by atoms with Gasteiger partial charge >= 0.3 is 0 Å². The predicted octanol–water partition coefficient (Wildman–Crippen LogP) is 2.80. The van der Waals surface area contributed by atoms with Crippen LogP contribution < -0.4 is 15.2 Å². The summed E-state index contributed by atoms with van der Waals surface area (Å²) in [5, 5.41) is 3.99. The Morgan fingerprint density at radius 3 is 2.19 bits per heavy atom. The standard InChI is InChI=1S/C15H21N3O3/c1-15(2,3)12(16)13-17-14(21-18-13)11-9(19-4)7-6-8-10(11)20-5/h6-8,12H,16H2,1-5H3. The minimum absolute atomic E-state index is 0.161. The molecule has 0 aliphatic rings. The summed E-state index contributed by atoms with van der Waals surface area (Å²) >= 11 is 0. The average molecular weight is 291 g/mol. The molecule has 1 unspecified atom stereocenters. The summed E-state index contributed by atoms with van der Waals surface area (Å²) < 4.78 is 16.0. The molecule has 6 heteroatoms. The van der Waals surface area contributed by atoms with Gasteiger partial charge in [0.25, 0.3) is 5.89 Å². The molecule has 0 amide bonds. The third-order valence-electron chi connectivity index (χ3n) is 3.29. The lowest BCUT2D eigenvalue weighted by molar-refractivity contribution is 0.303. The van der Waals surface area contributed by atoms with Crippen LogP contribution in [0.4, 0.5) is 0 Å². The van der Waals surface area contributed by atoms with Gasteiger partial charge in [0.2, 0.25) is 0 Å². The van der Waals surface area contributed by atoms with Crippen molar-refractivity contribution >= 4 is 0 Å². The minimum atomic E-state index is -0.323. The van der Waals surface area contributed by atoms with Crippen LogP contribution in [-0.2, 0) is 0 Å². The number of hydrogen-bond donors (Lipinski definition) is 1. The van der Waals surface area contributed by atoms with E-state index in [9.17, 15) is 0 Å². The lowest BCUT2D eigenvalue weighted by Gasteiger charge is -2.23. The first-order valence-electron chi connectivity index (χ1n) is 6.69. The van der Waals surface area contributed by atoms with Crippen molar-refractivity contribution in [1.29, 1.82) is 0 Å². The largest absolute Gasteiger partial charge is 0.496 e. The van der Waals surface area contributed by atoms with Crippen LogP contribution in [0.3, 0.4) is 0 Å². The zero-order valence-corrected chi connectivity index (χ0v) is 13.0. The maximum atomic E-state index is 6.16. The Morgan fingerprint density at radius 2 is 1.71 bits per heavy atom. The first-order valence-corrected chi connectivity index (χ1v) is 6.69. The molecule has 0 spiro atoms. The van der Waals surface area contributed by atoms with E-state index in [1.54, 1.807) is 14.2 Å². The number of ether oxygens (including phenoxy) is 2. The Labute approximate surface area is 124 Å². The van der Waals surface area contributed by atoms with Gasteiger partial charge in [-0.3, -0.25) is 0 Å². The Balaban J connectivity index is 2.47. The number of nitrogens with zero attached hydrogens (tertiary/aromatic N) is 2. The summed E-state index contributed by atoms with van der Waals surface area (Å²) in [6, 6.07) is 5.13. The van der Waals surface area contributed by atoms with Crippen molar-refractivity contribution in [3.8, 4) is 23.0 Å². The molecule has 0 radical (unpaired) electrons. The molecule has 1 aromatic heterocycles. The molecule has 1 aromatic carbocycles. The zero-order valence-electron chi connectivity index (χ0n) is 13.0. The number of aromatic nitrogens is 2. The maximum absolute atomic E-state index is 6.16. The molecule has 0 saturated carbocycles. The van der Waals surface area contributed by atoms with Crippen LogP contribution in [0, 0.1) is 5.41 Å². The molecular weight excluding hydrogens is 270 g/mol. The van der Waals surface area contributed by atoms with Gasteiger partial charge in [0.1, 0.15) is 17.1 Å². The number of methoxy groups -OCH3 is 2. The van der Waals surface area contributed by atoms with E-state index in [-0.39, 0.29) is 11.5 Å². The molecule has 0 bridgehead atoms. The van der Waals surface area contributed by atoms with Crippen molar-refractivity contribution in [3.05, 3.63) is 24.0 Å². The quantitative estimate of drug-likeness (QED) is 0.932. The van der Waals surface area contributed by atoms with E-state index in [1.165, 1.54) is 0 Å². The third kappa shape index (κ3) is 3.00. The van der Waals surface area contributed by atoms with Gasteiger partial charge in [0.05, 0.1) is 20.3 Å². The van der Waals surface area contributed by atoms with Crippen LogP contribution in [0.25, 0.3) is 11.5 Å². The highest BCUT2D eigenvalue weighted by atomic mass is 16.5. The van der Waals surface area contributed by atoms with Gasteiger partial charge in [0.15, 0.2) is 5.82 Å². The second-order valence-electron chi connectivity index (χ2n) is 5.84. The molecule has 0 fully saturated rings. The van der Waals surface area contributed by atoms with Crippen LogP contribution in [-0.4, -0.2) is 24.4 Å². The highest BCUT2D eigenvalue weighted by Crippen LogP contribution is 2.38. The van der Waals surface area contributed by atoms with Crippen molar-refractivity contribution in [1.82, 2.24) is 10.1 Å². The van der Waals surface area contributed by atoms with Gasteiger partial charge in [-0.1, -0.05) is 32.0 Å². The Kier molecular flexibility index (Phi) is 4.18. The fourth-order valence-corrected chi connectivity index (χ4v) is 1.91. The molecule has 114 valence electrons. The number of benzene rings is 1. The molecule has 21 heavy (non-hydrogen) atoms. The molecule has 6 nitrogen and oxygen atoms in total. The maximum Gasteiger partial charge on any atom is 0.265 e. The normalized spacial score (nSPS) is 13.0. The second-order valence-corrected chi connectivity index (χ2v) is 5.84. The molecule has 2 aromatic rings. The SMILES string of the molecule is COc1cccc(OC)c1-c1nc(C(N)C(C)(C)C)no1. The van der Waals surface area contributed by atoms with Crippen molar-refractivity contribution < 1.29 is 14.0 Å². The second kappa shape index (κ2) is 5.73. The lowest BCUT2D eigenvalue weighted by Crippen LogP contribution is -2.27. The van der Waals surface area contributed by atoms with Crippen LogP contribution in [0.5, 0.6) is 11.5 Å². The molecule has 0 aliphatic heterocycles. The predicted molar refractivity (Wildman–Crippen MR) is 79.2 cm³/mol. The van der Waals surface area contributed by atoms with E-state index >= 15 is 0 Å². The molecular formula is C15H21N3O3. The Hall–Kier alpha value is -2.08. The molecule has 2 rings (SSSR count). The molecule has 1 heterocycles. The van der Waals surface area contributed by atoms with E-state index in [4.69, 9.17) is 19.7 Å². The van der Waals surface area contributed by atoms with Crippen LogP contribution in [0.2, 0.25) is 0 Å². The molecule has 2 N–H and O–H groups in total. The summed E-state index contributed by atoms with van der Waals surface area (Å²) in [6.07, 6.45) is 0. The first kappa shape index (κ1) is 15.3. The van der Waals surface area contributed by atoms with E-state index < -0.39 is 0 Å². The van der Waals surface area contributed by atoms with Crippen molar-refractivity contribution in [2.45, 2.75) is 26.8 Å². The summed E-state index contributed by atoms with van der Waals surface area (Å²) in [6.45, 7) is 6.08. The topological polar surface area (TPSA) is 83.4 Å². The smallest absolute Gasteiger partial charge is 0.265 e. The van der Waals surface area contributed by atoms with E-state index in [2.05, 4.69) is 10.1 Å². The highest BCUT2D eigenvalue weighted by Gasteiger charge is 2.28. The fraction of sp³-hybridized carbons (Fsp3) is 0.467. The van der Waals surface area contributed by atoms with Gasteiger partial charge < -0.3 is 19.7 Å². The first-order chi connectivity index (χ1) is 9.88. The number of hydrogen-bond acceptors (Lipinski definition) is 6. The van der Waals surface area contributed by atoms with Crippen LogP contribution in [0.1, 0.15) is 32.6 Å². The van der Waals surface area contributed by atoms with Gasteiger partial charge in [-0.2, -0.15) is 4.98 Å². The average Bonchev–Trinajstić information content (AvgIpc) is 2.93. The van der Waals surface area contributed by atoms with Gasteiger partial charge in [-0.05, 0) is 17.5 Å². The van der Waals surface area contributed by atoms with Crippen molar-refractivity contribution in [2.75, 3.05) is 14.2 Å². The lowest BCUT2D eigenvalue weighted by atomic mass is 9.87. The van der Waals surface area contributed by atoms with E-state index in [0.717, 1.165) is 0 Å². The summed E-state index contributed by atoms with van der Waals surface area (Å²) in [7, 11) is 3.16. The van der Waals surface area contributed by atoms with Gasteiger partial charge in [-0.25, -0.2) is 0 Å². The molecule has 0 aliphatic carbocycles. The monoisotopic (exact) mass is 291 g/mol. The van der Waals surface area contributed by atoms with Crippen LogP contribution in [0.15, 0.2) is 22.7 Å². The van der Waals surface area contributed by atoms with Crippen molar-refractivity contribution in [2.24, 2.45) is 11.1 Å². The summed E-state index contributed by atoms with van der Waals surface area (Å²) in [5.74, 6) is 2.01. The van der Waals surface area contributed by atoms with Gasteiger partial charge in [0, 0.05) is 0 Å². The third-order valence-corrected chi connectivity index (χ3v) is 3.29. The minimum Gasteiger partial charge on any atom is -0.496 e. The van der Waals surface area contributed by atoms with E-state index in [0.29, 0.717) is 28.8 Å². The molecule has 1 atom stereocenters.